The highest BCUT2D eigenvalue weighted by Crippen LogP contribution is 2.25. The van der Waals surface area contributed by atoms with Crippen molar-refractivity contribution in [1.29, 1.82) is 0 Å². The Balaban J connectivity index is 2.22. The van der Waals surface area contributed by atoms with E-state index in [0.717, 1.165) is 21.9 Å². The number of carbonyl (C=O) groups is 1. The summed E-state index contributed by atoms with van der Waals surface area (Å²) in [5, 5.41) is 10.9. The summed E-state index contributed by atoms with van der Waals surface area (Å²) in [6, 6.07) is 15.6. The molecule has 0 saturated carbocycles. The Labute approximate surface area is 124 Å². The fourth-order valence-electron chi connectivity index (χ4n) is 2.31. The predicted molar refractivity (Wildman–Crippen MR) is 82.9 cm³/mol. The minimum absolute atomic E-state index is 0.324. The van der Waals surface area contributed by atoms with Crippen LogP contribution in [0.15, 0.2) is 54.7 Å². The number of hydrogen-bond donors (Lipinski definition) is 1. The molecule has 2 aromatic carbocycles. The van der Waals surface area contributed by atoms with Gasteiger partial charge in [0.25, 0.3) is 0 Å². The van der Waals surface area contributed by atoms with E-state index >= 15 is 0 Å². The van der Waals surface area contributed by atoms with Crippen molar-refractivity contribution in [3.8, 4) is 5.69 Å². The average Bonchev–Trinajstić information content (AvgIpc) is 2.87. The molecule has 100 valence electrons. The molecule has 0 spiro atoms. The second kappa shape index (κ2) is 5.13. The van der Waals surface area contributed by atoms with Crippen LogP contribution < -0.4 is 0 Å². The topological polar surface area (TPSA) is 42.2 Å². The Morgan fingerprint density at radius 2 is 1.80 bits per heavy atom. The van der Waals surface area contributed by atoms with Gasteiger partial charge in [0, 0.05) is 22.6 Å². The molecule has 0 aliphatic rings. The Kier molecular flexibility index (Phi) is 3.32. The van der Waals surface area contributed by atoms with Gasteiger partial charge in [0.05, 0.1) is 11.1 Å². The van der Waals surface area contributed by atoms with E-state index in [-0.39, 0.29) is 0 Å². The van der Waals surface area contributed by atoms with Gasteiger partial charge in [-0.15, -0.1) is 0 Å². The summed E-state index contributed by atoms with van der Waals surface area (Å²) in [4.78, 5) is 11.3. The molecule has 0 bridgehead atoms. The van der Waals surface area contributed by atoms with Gasteiger partial charge in [-0.1, -0.05) is 46.3 Å². The number of para-hydroxylation sites is 1. The van der Waals surface area contributed by atoms with Gasteiger partial charge in [-0.3, -0.25) is 0 Å². The highest BCUT2D eigenvalue weighted by molar-refractivity contribution is 9.08. The molecule has 20 heavy (non-hydrogen) atoms. The monoisotopic (exact) mass is 329 g/mol. The minimum Gasteiger partial charge on any atom is -0.478 e. The highest BCUT2D eigenvalue weighted by atomic mass is 79.9. The Bertz CT molecular complexity index is 775. The average molecular weight is 330 g/mol. The fourth-order valence-corrected chi connectivity index (χ4v) is 2.68. The van der Waals surface area contributed by atoms with Crippen LogP contribution in [0.2, 0.25) is 0 Å². The molecule has 0 radical (unpaired) electrons. The van der Waals surface area contributed by atoms with Crippen LogP contribution in [0, 0.1) is 0 Å². The quantitative estimate of drug-likeness (QED) is 0.731. The first-order valence-corrected chi connectivity index (χ1v) is 7.31. The number of fused-ring (bicyclic) bond motifs is 1. The lowest BCUT2D eigenvalue weighted by Crippen LogP contribution is -1.95. The van der Waals surface area contributed by atoms with Crippen LogP contribution in [-0.4, -0.2) is 15.6 Å². The summed E-state index contributed by atoms with van der Waals surface area (Å²) in [6.45, 7) is 0. The van der Waals surface area contributed by atoms with Crippen molar-refractivity contribution in [3.63, 3.8) is 0 Å². The lowest BCUT2D eigenvalue weighted by Gasteiger charge is -2.06. The Morgan fingerprint density at radius 1 is 1.10 bits per heavy atom. The number of hydrogen-bond acceptors (Lipinski definition) is 1. The number of halogens is 1. The molecule has 0 atom stereocenters. The van der Waals surface area contributed by atoms with Gasteiger partial charge in [-0.2, -0.15) is 0 Å². The molecule has 1 N–H and O–H groups in total. The van der Waals surface area contributed by atoms with Gasteiger partial charge in [0.2, 0.25) is 0 Å². The number of alkyl halides is 1. The molecule has 0 amide bonds. The van der Waals surface area contributed by atoms with E-state index in [9.17, 15) is 9.90 Å². The molecule has 3 nitrogen and oxygen atoms in total. The zero-order valence-electron chi connectivity index (χ0n) is 10.6. The standard InChI is InChI=1S/C16H12BrNO2/c17-9-11-5-7-12(8-6-11)18-10-14(16(19)20)13-3-1-2-4-15(13)18/h1-8,10H,9H2,(H,19,20). The highest BCUT2D eigenvalue weighted by Gasteiger charge is 2.14. The van der Waals surface area contributed by atoms with Crippen LogP contribution in [0.3, 0.4) is 0 Å². The maximum atomic E-state index is 11.3. The van der Waals surface area contributed by atoms with Crippen molar-refractivity contribution in [1.82, 2.24) is 4.57 Å². The SMILES string of the molecule is O=C(O)c1cn(-c2ccc(CBr)cc2)c2ccccc12. The second-order valence-electron chi connectivity index (χ2n) is 4.54. The van der Waals surface area contributed by atoms with Crippen molar-refractivity contribution < 1.29 is 9.90 Å². The van der Waals surface area contributed by atoms with Crippen molar-refractivity contribution in [2.45, 2.75) is 5.33 Å². The molecule has 3 aromatic rings. The first kappa shape index (κ1) is 12.9. The number of aromatic nitrogens is 1. The van der Waals surface area contributed by atoms with Crippen LogP contribution >= 0.6 is 15.9 Å². The lowest BCUT2D eigenvalue weighted by molar-refractivity contribution is 0.0699. The third kappa shape index (κ3) is 2.12. The molecule has 0 saturated heterocycles. The van der Waals surface area contributed by atoms with Gasteiger partial charge < -0.3 is 9.67 Å². The molecule has 3 rings (SSSR count). The van der Waals surface area contributed by atoms with Crippen molar-refractivity contribution in [2.75, 3.05) is 0 Å². The van der Waals surface area contributed by atoms with Crippen LogP contribution in [0.5, 0.6) is 0 Å². The first-order chi connectivity index (χ1) is 9.70. The van der Waals surface area contributed by atoms with Crippen LogP contribution in [0.4, 0.5) is 0 Å². The summed E-state index contributed by atoms with van der Waals surface area (Å²) in [7, 11) is 0. The summed E-state index contributed by atoms with van der Waals surface area (Å²) < 4.78 is 1.91. The molecule has 1 heterocycles. The second-order valence-corrected chi connectivity index (χ2v) is 5.10. The Morgan fingerprint density at radius 3 is 2.45 bits per heavy atom. The van der Waals surface area contributed by atoms with Gasteiger partial charge in [-0.25, -0.2) is 4.79 Å². The summed E-state index contributed by atoms with van der Waals surface area (Å²) >= 11 is 3.42. The summed E-state index contributed by atoms with van der Waals surface area (Å²) in [6.07, 6.45) is 1.68. The first-order valence-electron chi connectivity index (χ1n) is 6.19. The maximum Gasteiger partial charge on any atom is 0.337 e. The molecular weight excluding hydrogens is 318 g/mol. The number of nitrogens with zero attached hydrogens (tertiary/aromatic N) is 1. The van der Waals surface area contributed by atoms with Gasteiger partial charge in [-0.05, 0) is 23.8 Å². The smallest absolute Gasteiger partial charge is 0.337 e. The predicted octanol–water partition coefficient (Wildman–Crippen LogP) is 4.22. The number of aromatic carboxylic acids is 1. The van der Waals surface area contributed by atoms with E-state index in [1.807, 2.05) is 53.1 Å². The molecule has 0 unspecified atom stereocenters. The zero-order valence-corrected chi connectivity index (χ0v) is 12.2. The number of benzene rings is 2. The molecule has 4 heteroatoms. The lowest BCUT2D eigenvalue weighted by atomic mass is 10.2. The fraction of sp³-hybridized carbons (Fsp3) is 0.0625. The van der Waals surface area contributed by atoms with Crippen LogP contribution in [0.25, 0.3) is 16.6 Å². The maximum absolute atomic E-state index is 11.3. The number of carboxylic acids is 1. The van der Waals surface area contributed by atoms with E-state index in [4.69, 9.17) is 0 Å². The van der Waals surface area contributed by atoms with Crippen LogP contribution in [-0.2, 0) is 5.33 Å². The van der Waals surface area contributed by atoms with Crippen molar-refractivity contribution in [2.24, 2.45) is 0 Å². The third-order valence-corrected chi connectivity index (χ3v) is 3.96. The molecule has 0 aliphatic heterocycles. The van der Waals surface area contributed by atoms with Crippen LogP contribution in [0.1, 0.15) is 15.9 Å². The van der Waals surface area contributed by atoms with E-state index in [0.29, 0.717) is 5.56 Å². The molecule has 0 aliphatic carbocycles. The van der Waals surface area contributed by atoms with E-state index in [1.165, 1.54) is 5.56 Å². The van der Waals surface area contributed by atoms with E-state index < -0.39 is 5.97 Å². The normalized spacial score (nSPS) is 10.8. The van der Waals surface area contributed by atoms with E-state index in [2.05, 4.69) is 15.9 Å². The van der Waals surface area contributed by atoms with E-state index in [1.54, 1.807) is 6.20 Å². The number of carboxylic acid groups (broad SMARTS) is 1. The zero-order chi connectivity index (χ0) is 14.1. The molecule has 0 fully saturated rings. The van der Waals surface area contributed by atoms with Gasteiger partial charge in [0.1, 0.15) is 0 Å². The largest absolute Gasteiger partial charge is 0.478 e. The molecule has 1 aromatic heterocycles. The summed E-state index contributed by atoms with van der Waals surface area (Å²) in [5.41, 5.74) is 3.36. The third-order valence-electron chi connectivity index (χ3n) is 3.31. The Hall–Kier alpha value is -2.07. The van der Waals surface area contributed by atoms with Gasteiger partial charge in [0.15, 0.2) is 0 Å². The number of rotatable bonds is 3. The minimum atomic E-state index is -0.906. The van der Waals surface area contributed by atoms with Crippen molar-refractivity contribution >= 4 is 32.8 Å². The van der Waals surface area contributed by atoms with Crippen molar-refractivity contribution in [3.05, 3.63) is 65.9 Å². The molecular formula is C16H12BrNO2. The summed E-state index contributed by atoms with van der Waals surface area (Å²) in [5.74, 6) is -0.906. The van der Waals surface area contributed by atoms with Gasteiger partial charge >= 0.3 is 5.97 Å².